The van der Waals surface area contributed by atoms with Crippen molar-refractivity contribution >= 4 is 17.4 Å². The van der Waals surface area contributed by atoms with E-state index < -0.39 is 17.8 Å². The SMILES string of the molecule is CN(c1ccccc1)C1CN(C(=O)Nc2cccc(C(F)(F)F)c2)C1. The summed E-state index contributed by atoms with van der Waals surface area (Å²) < 4.78 is 38.1. The van der Waals surface area contributed by atoms with Crippen LogP contribution in [0.3, 0.4) is 0 Å². The number of alkyl halides is 3. The molecule has 7 heteroatoms. The molecule has 1 heterocycles. The van der Waals surface area contributed by atoms with E-state index in [2.05, 4.69) is 10.2 Å². The molecule has 25 heavy (non-hydrogen) atoms. The van der Waals surface area contributed by atoms with Crippen molar-refractivity contribution in [2.75, 3.05) is 30.4 Å². The van der Waals surface area contributed by atoms with Crippen molar-refractivity contribution < 1.29 is 18.0 Å². The van der Waals surface area contributed by atoms with Gasteiger partial charge in [0.25, 0.3) is 0 Å². The van der Waals surface area contributed by atoms with Gasteiger partial charge in [-0.2, -0.15) is 13.2 Å². The molecule has 0 aliphatic carbocycles. The van der Waals surface area contributed by atoms with Crippen LogP contribution in [-0.4, -0.2) is 37.1 Å². The quantitative estimate of drug-likeness (QED) is 0.907. The summed E-state index contributed by atoms with van der Waals surface area (Å²) in [6.45, 7) is 1.05. The summed E-state index contributed by atoms with van der Waals surface area (Å²) in [5.74, 6) is 0. The number of hydrogen-bond acceptors (Lipinski definition) is 2. The van der Waals surface area contributed by atoms with Crippen molar-refractivity contribution in [2.45, 2.75) is 12.2 Å². The number of anilines is 2. The molecule has 0 aromatic heterocycles. The maximum absolute atomic E-state index is 12.7. The van der Waals surface area contributed by atoms with E-state index in [1.165, 1.54) is 12.1 Å². The predicted molar refractivity (Wildman–Crippen MR) is 90.7 cm³/mol. The van der Waals surface area contributed by atoms with Crippen LogP contribution >= 0.6 is 0 Å². The highest BCUT2D eigenvalue weighted by molar-refractivity contribution is 5.90. The molecule has 0 unspecified atom stereocenters. The summed E-state index contributed by atoms with van der Waals surface area (Å²) in [6.07, 6.45) is -4.43. The second-order valence-electron chi connectivity index (χ2n) is 6.01. The molecule has 1 fully saturated rings. The first-order valence-corrected chi connectivity index (χ1v) is 7.85. The molecule has 0 spiro atoms. The van der Waals surface area contributed by atoms with Gasteiger partial charge < -0.3 is 15.1 Å². The van der Waals surface area contributed by atoms with E-state index >= 15 is 0 Å². The van der Waals surface area contributed by atoms with E-state index in [-0.39, 0.29) is 11.7 Å². The van der Waals surface area contributed by atoms with Gasteiger partial charge in [0.05, 0.1) is 11.6 Å². The van der Waals surface area contributed by atoms with Crippen LogP contribution in [0.25, 0.3) is 0 Å². The molecule has 1 aliphatic rings. The van der Waals surface area contributed by atoms with Gasteiger partial charge in [0.1, 0.15) is 0 Å². The molecule has 4 nitrogen and oxygen atoms in total. The van der Waals surface area contributed by atoms with Gasteiger partial charge in [0.2, 0.25) is 0 Å². The minimum atomic E-state index is -4.43. The maximum Gasteiger partial charge on any atom is 0.416 e. The monoisotopic (exact) mass is 349 g/mol. The van der Waals surface area contributed by atoms with E-state index in [0.717, 1.165) is 17.8 Å². The Morgan fingerprint density at radius 3 is 2.44 bits per heavy atom. The molecule has 0 saturated carbocycles. The number of hydrogen-bond donors (Lipinski definition) is 1. The first kappa shape index (κ1) is 17.1. The largest absolute Gasteiger partial charge is 0.416 e. The fourth-order valence-corrected chi connectivity index (χ4v) is 2.72. The minimum absolute atomic E-state index is 0.139. The third-order valence-electron chi connectivity index (χ3n) is 4.30. The maximum atomic E-state index is 12.7. The number of halogens is 3. The molecule has 2 aromatic rings. The van der Waals surface area contributed by atoms with Crippen LogP contribution in [0, 0.1) is 0 Å². The van der Waals surface area contributed by atoms with Crippen LogP contribution in [0.4, 0.5) is 29.3 Å². The Morgan fingerprint density at radius 1 is 1.12 bits per heavy atom. The number of nitrogens with one attached hydrogen (secondary N) is 1. The summed E-state index contributed by atoms with van der Waals surface area (Å²) in [5, 5.41) is 2.52. The van der Waals surface area contributed by atoms with Crippen LogP contribution in [0.2, 0.25) is 0 Å². The van der Waals surface area contributed by atoms with Crippen molar-refractivity contribution in [3.63, 3.8) is 0 Å². The van der Waals surface area contributed by atoms with Gasteiger partial charge in [0.15, 0.2) is 0 Å². The summed E-state index contributed by atoms with van der Waals surface area (Å²) >= 11 is 0. The Bertz CT molecular complexity index is 743. The minimum Gasteiger partial charge on any atom is -0.368 e. The van der Waals surface area contributed by atoms with Gasteiger partial charge in [-0.1, -0.05) is 24.3 Å². The first-order chi connectivity index (χ1) is 11.8. The zero-order valence-corrected chi connectivity index (χ0v) is 13.6. The van der Waals surface area contributed by atoms with E-state index in [1.54, 1.807) is 4.90 Å². The zero-order chi connectivity index (χ0) is 18.0. The lowest BCUT2D eigenvalue weighted by Gasteiger charge is -2.44. The van der Waals surface area contributed by atoms with E-state index in [0.29, 0.717) is 13.1 Å². The van der Waals surface area contributed by atoms with Gasteiger partial charge in [0, 0.05) is 31.5 Å². The fourth-order valence-electron chi connectivity index (χ4n) is 2.72. The first-order valence-electron chi connectivity index (χ1n) is 7.85. The predicted octanol–water partition coefficient (Wildman–Crippen LogP) is 4.06. The molecular weight excluding hydrogens is 331 g/mol. The molecule has 132 valence electrons. The van der Waals surface area contributed by atoms with E-state index in [4.69, 9.17) is 0 Å². The van der Waals surface area contributed by atoms with Crippen LogP contribution in [0.5, 0.6) is 0 Å². The lowest BCUT2D eigenvalue weighted by molar-refractivity contribution is -0.137. The summed E-state index contributed by atoms with van der Waals surface area (Å²) in [6, 6.07) is 14.2. The van der Waals surface area contributed by atoms with Crippen molar-refractivity contribution in [1.82, 2.24) is 4.90 Å². The Hall–Kier alpha value is -2.70. The molecule has 0 atom stereocenters. The van der Waals surface area contributed by atoms with Crippen molar-refractivity contribution in [3.8, 4) is 0 Å². The van der Waals surface area contributed by atoms with Gasteiger partial charge in [-0.05, 0) is 30.3 Å². The van der Waals surface area contributed by atoms with Crippen LogP contribution in [-0.2, 0) is 6.18 Å². The normalized spacial score (nSPS) is 14.8. The van der Waals surface area contributed by atoms with Gasteiger partial charge in [-0.15, -0.1) is 0 Å². The number of para-hydroxylation sites is 1. The number of carbonyl (C=O) groups excluding carboxylic acids is 1. The van der Waals surface area contributed by atoms with Gasteiger partial charge >= 0.3 is 12.2 Å². The lowest BCUT2D eigenvalue weighted by atomic mass is 10.1. The number of carbonyl (C=O) groups is 1. The second-order valence-corrected chi connectivity index (χ2v) is 6.01. The summed E-state index contributed by atoms with van der Waals surface area (Å²) in [5.41, 5.74) is 0.417. The number of benzene rings is 2. The Morgan fingerprint density at radius 2 is 1.80 bits per heavy atom. The summed E-state index contributed by atoms with van der Waals surface area (Å²) in [4.78, 5) is 15.8. The number of likely N-dealkylation sites (N-methyl/N-ethyl adjacent to an activating group) is 1. The molecule has 1 N–H and O–H groups in total. The van der Waals surface area contributed by atoms with Crippen molar-refractivity contribution in [3.05, 3.63) is 60.2 Å². The molecular formula is C18H18F3N3O. The van der Waals surface area contributed by atoms with E-state index in [9.17, 15) is 18.0 Å². The zero-order valence-electron chi connectivity index (χ0n) is 13.6. The van der Waals surface area contributed by atoms with E-state index in [1.807, 2.05) is 37.4 Å². The summed E-state index contributed by atoms with van der Waals surface area (Å²) in [7, 11) is 1.96. The standard InChI is InChI=1S/C18H18F3N3O/c1-23(15-8-3-2-4-9-15)16-11-24(12-16)17(25)22-14-7-5-6-13(10-14)18(19,20)21/h2-10,16H,11-12H2,1H3,(H,22,25). The molecule has 3 rings (SSSR count). The highest BCUT2D eigenvalue weighted by Crippen LogP contribution is 2.31. The Labute approximate surface area is 143 Å². The molecule has 2 aromatic carbocycles. The third-order valence-corrected chi connectivity index (χ3v) is 4.30. The highest BCUT2D eigenvalue weighted by Gasteiger charge is 2.34. The Balaban J connectivity index is 1.56. The lowest BCUT2D eigenvalue weighted by Crippen LogP contribution is -2.61. The molecule has 0 bridgehead atoms. The van der Waals surface area contributed by atoms with Crippen molar-refractivity contribution in [1.29, 1.82) is 0 Å². The van der Waals surface area contributed by atoms with Crippen LogP contribution < -0.4 is 10.2 Å². The molecule has 2 amide bonds. The van der Waals surface area contributed by atoms with Crippen LogP contribution in [0.15, 0.2) is 54.6 Å². The van der Waals surface area contributed by atoms with Gasteiger partial charge in [-0.25, -0.2) is 4.79 Å². The number of urea groups is 1. The molecule has 1 aliphatic heterocycles. The smallest absolute Gasteiger partial charge is 0.368 e. The average Bonchev–Trinajstić information content (AvgIpc) is 2.53. The number of rotatable bonds is 3. The topological polar surface area (TPSA) is 35.6 Å². The van der Waals surface area contributed by atoms with Crippen molar-refractivity contribution in [2.24, 2.45) is 0 Å². The third kappa shape index (κ3) is 3.87. The second kappa shape index (κ2) is 6.66. The number of amides is 2. The fraction of sp³-hybridized carbons (Fsp3) is 0.278. The average molecular weight is 349 g/mol. The van der Waals surface area contributed by atoms with Gasteiger partial charge in [-0.3, -0.25) is 0 Å². The number of likely N-dealkylation sites (tertiary alicyclic amines) is 1. The Kier molecular flexibility index (Phi) is 4.57. The van der Waals surface area contributed by atoms with Crippen LogP contribution in [0.1, 0.15) is 5.56 Å². The molecule has 0 radical (unpaired) electrons. The highest BCUT2D eigenvalue weighted by atomic mass is 19.4. The molecule has 1 saturated heterocycles. The number of nitrogens with zero attached hydrogens (tertiary/aromatic N) is 2.